The molecule has 1 rings (SSSR count). The minimum Gasteiger partial charge on any atom is -0.394 e. The van der Waals surface area contributed by atoms with E-state index in [1.54, 1.807) is 6.92 Å². The van der Waals surface area contributed by atoms with E-state index in [1.165, 1.54) is 17.8 Å². The van der Waals surface area contributed by atoms with Crippen LogP contribution in [0.3, 0.4) is 0 Å². The predicted octanol–water partition coefficient (Wildman–Crippen LogP) is -0.791. The summed E-state index contributed by atoms with van der Waals surface area (Å²) in [6.45, 7) is 1.64. The van der Waals surface area contributed by atoms with Crippen molar-refractivity contribution in [1.29, 1.82) is 0 Å². The van der Waals surface area contributed by atoms with Crippen molar-refractivity contribution in [2.24, 2.45) is 5.29 Å². The molecular formula is C10H16N4O4. The normalized spacial score (nSPS) is 12.2. The second kappa shape index (κ2) is 6.10. The zero-order chi connectivity index (χ0) is 13.7. The van der Waals surface area contributed by atoms with Crippen LogP contribution < -0.4 is 11.2 Å². The number of aromatic nitrogens is 2. The van der Waals surface area contributed by atoms with Crippen molar-refractivity contribution in [2.75, 3.05) is 13.7 Å². The number of aromatic amines is 1. The van der Waals surface area contributed by atoms with E-state index in [1.807, 2.05) is 0 Å². The van der Waals surface area contributed by atoms with Crippen molar-refractivity contribution >= 4 is 0 Å². The van der Waals surface area contributed by atoms with E-state index in [4.69, 9.17) is 5.11 Å². The van der Waals surface area contributed by atoms with E-state index in [9.17, 15) is 14.5 Å². The summed E-state index contributed by atoms with van der Waals surface area (Å²) in [7, 11) is 1.45. The average molecular weight is 256 g/mol. The van der Waals surface area contributed by atoms with Gasteiger partial charge in [0, 0.05) is 25.4 Å². The molecule has 1 aromatic heterocycles. The zero-order valence-corrected chi connectivity index (χ0v) is 10.3. The van der Waals surface area contributed by atoms with Crippen molar-refractivity contribution in [3.8, 4) is 0 Å². The maximum Gasteiger partial charge on any atom is 0.328 e. The molecule has 0 aliphatic carbocycles. The molecule has 1 aromatic rings. The van der Waals surface area contributed by atoms with E-state index in [2.05, 4.69) is 10.3 Å². The van der Waals surface area contributed by atoms with Crippen LogP contribution in [0.25, 0.3) is 0 Å². The number of aliphatic hydroxyl groups is 1. The molecule has 0 unspecified atom stereocenters. The topological polar surface area (TPSA) is 108 Å². The number of H-pyrrole nitrogens is 1. The average Bonchev–Trinajstić information content (AvgIpc) is 2.35. The molecule has 0 bridgehead atoms. The maximum atomic E-state index is 11.5. The highest BCUT2D eigenvalue weighted by atomic mass is 16.3. The molecule has 0 radical (unpaired) electrons. The van der Waals surface area contributed by atoms with Crippen molar-refractivity contribution in [3.05, 3.63) is 37.5 Å². The van der Waals surface area contributed by atoms with Crippen molar-refractivity contribution in [3.63, 3.8) is 0 Å². The summed E-state index contributed by atoms with van der Waals surface area (Å²) in [5.74, 6) is 0. The summed E-state index contributed by atoms with van der Waals surface area (Å²) >= 11 is 0. The van der Waals surface area contributed by atoms with Crippen LogP contribution >= 0.6 is 0 Å². The number of hydrogen-bond donors (Lipinski definition) is 2. The smallest absolute Gasteiger partial charge is 0.328 e. The summed E-state index contributed by atoms with van der Waals surface area (Å²) in [4.78, 5) is 35.2. The first kappa shape index (κ1) is 14.1. The van der Waals surface area contributed by atoms with Gasteiger partial charge in [-0.05, 0) is 13.3 Å². The van der Waals surface area contributed by atoms with E-state index in [-0.39, 0.29) is 13.2 Å². The standard InChI is InChI=1S/C10H16N4O4/c1-7-5-14(10(17)11-9(7)16)4-3-8(6-15)13(2)12-18/h5,8,15H,3-4,6H2,1-2H3,(H,11,16,17)/t8-/m1/s1. The van der Waals surface area contributed by atoms with Crippen molar-refractivity contribution in [2.45, 2.75) is 25.9 Å². The van der Waals surface area contributed by atoms with Crippen LogP contribution in [-0.4, -0.2) is 39.4 Å². The van der Waals surface area contributed by atoms with Crippen LogP contribution in [0.4, 0.5) is 0 Å². The quantitative estimate of drug-likeness (QED) is 0.512. The lowest BCUT2D eigenvalue weighted by atomic mass is 10.2. The summed E-state index contributed by atoms with van der Waals surface area (Å²) in [5.41, 5.74) is -0.498. The Balaban J connectivity index is 2.80. The van der Waals surface area contributed by atoms with Gasteiger partial charge in [-0.1, -0.05) is 0 Å². The molecule has 8 nitrogen and oxygen atoms in total. The lowest BCUT2D eigenvalue weighted by Crippen LogP contribution is -2.35. The van der Waals surface area contributed by atoms with Crippen LogP contribution in [0, 0.1) is 11.8 Å². The van der Waals surface area contributed by atoms with Gasteiger partial charge in [-0.15, -0.1) is 4.91 Å². The van der Waals surface area contributed by atoms with Crippen LogP contribution in [0.1, 0.15) is 12.0 Å². The van der Waals surface area contributed by atoms with Gasteiger partial charge in [0.2, 0.25) is 0 Å². The van der Waals surface area contributed by atoms with Gasteiger partial charge in [0.25, 0.3) is 5.56 Å². The molecule has 0 saturated carbocycles. The van der Waals surface area contributed by atoms with Gasteiger partial charge >= 0.3 is 5.69 Å². The molecule has 0 fully saturated rings. The molecule has 8 heteroatoms. The fourth-order valence-corrected chi connectivity index (χ4v) is 1.54. The third-order valence-electron chi connectivity index (χ3n) is 2.76. The number of nitrogens with zero attached hydrogens (tertiary/aromatic N) is 3. The molecule has 1 atom stereocenters. The first-order valence-corrected chi connectivity index (χ1v) is 5.47. The van der Waals surface area contributed by atoms with Gasteiger partial charge < -0.3 is 9.67 Å². The molecule has 0 saturated heterocycles. The van der Waals surface area contributed by atoms with Crippen molar-refractivity contribution in [1.82, 2.24) is 14.6 Å². The van der Waals surface area contributed by atoms with Crippen LogP contribution in [0.15, 0.2) is 21.1 Å². The number of rotatable bonds is 6. The van der Waals surface area contributed by atoms with E-state index in [0.29, 0.717) is 12.0 Å². The van der Waals surface area contributed by atoms with Gasteiger partial charge in [-0.25, -0.2) is 4.79 Å². The summed E-state index contributed by atoms with van der Waals surface area (Å²) < 4.78 is 1.33. The summed E-state index contributed by atoms with van der Waals surface area (Å²) in [6.07, 6.45) is 1.81. The molecule has 0 aliphatic heterocycles. The fourth-order valence-electron chi connectivity index (χ4n) is 1.54. The molecule has 18 heavy (non-hydrogen) atoms. The Hall–Kier alpha value is -1.96. The molecule has 0 aromatic carbocycles. The molecule has 100 valence electrons. The van der Waals surface area contributed by atoms with Crippen LogP contribution in [0.5, 0.6) is 0 Å². The van der Waals surface area contributed by atoms with Gasteiger partial charge in [0.1, 0.15) is 0 Å². The number of hydrogen-bond acceptors (Lipinski definition) is 5. The second-order valence-corrected chi connectivity index (χ2v) is 4.05. The molecular weight excluding hydrogens is 240 g/mol. The first-order valence-electron chi connectivity index (χ1n) is 5.47. The van der Waals surface area contributed by atoms with Crippen molar-refractivity contribution < 1.29 is 5.11 Å². The highest BCUT2D eigenvalue weighted by Gasteiger charge is 2.13. The Labute approximate surface area is 103 Å². The minimum absolute atomic E-state index is 0.237. The van der Waals surface area contributed by atoms with Gasteiger partial charge in [-0.3, -0.25) is 14.8 Å². The number of aryl methyl sites for hydroxylation is 2. The predicted molar refractivity (Wildman–Crippen MR) is 65.1 cm³/mol. The third-order valence-corrected chi connectivity index (χ3v) is 2.76. The molecule has 0 aliphatic rings. The summed E-state index contributed by atoms with van der Waals surface area (Å²) in [6, 6.07) is -0.457. The Morgan fingerprint density at radius 1 is 1.56 bits per heavy atom. The number of nitroso groups, excluding NO2 is 1. The van der Waals surface area contributed by atoms with Crippen LogP contribution in [0.2, 0.25) is 0 Å². The van der Waals surface area contributed by atoms with Gasteiger partial charge in [0.05, 0.1) is 17.9 Å². The Kier molecular flexibility index (Phi) is 4.78. The molecule has 0 spiro atoms. The van der Waals surface area contributed by atoms with E-state index < -0.39 is 17.3 Å². The van der Waals surface area contributed by atoms with Gasteiger partial charge in [-0.2, -0.15) is 0 Å². The monoisotopic (exact) mass is 256 g/mol. The highest BCUT2D eigenvalue weighted by molar-refractivity contribution is 5.00. The molecule has 1 heterocycles. The van der Waals surface area contributed by atoms with Gasteiger partial charge in [0.15, 0.2) is 0 Å². The lowest BCUT2D eigenvalue weighted by molar-refractivity contribution is 0.137. The molecule has 0 amide bonds. The number of nitrogens with one attached hydrogen (secondary N) is 1. The molecule has 2 N–H and O–H groups in total. The van der Waals surface area contributed by atoms with E-state index >= 15 is 0 Å². The first-order chi connectivity index (χ1) is 8.49. The summed E-state index contributed by atoms with van der Waals surface area (Å²) in [5, 5.41) is 12.9. The Bertz CT molecular complexity index is 521. The zero-order valence-electron chi connectivity index (χ0n) is 10.3. The second-order valence-electron chi connectivity index (χ2n) is 4.05. The Morgan fingerprint density at radius 2 is 2.22 bits per heavy atom. The largest absolute Gasteiger partial charge is 0.394 e. The SMILES string of the molecule is Cc1cn(CC[C@H](CO)N(C)N=O)c(=O)[nH]c1=O. The van der Waals surface area contributed by atoms with Crippen LogP contribution in [-0.2, 0) is 6.54 Å². The lowest BCUT2D eigenvalue weighted by Gasteiger charge is -2.20. The van der Waals surface area contributed by atoms with E-state index in [0.717, 1.165) is 5.01 Å². The Morgan fingerprint density at radius 3 is 2.78 bits per heavy atom. The number of aliphatic hydroxyl groups excluding tert-OH is 1. The fraction of sp³-hybridized carbons (Fsp3) is 0.600. The highest BCUT2D eigenvalue weighted by Crippen LogP contribution is 2.03. The third kappa shape index (κ3) is 3.27. The maximum absolute atomic E-state index is 11.5. The number of likely N-dealkylation sites (N-methyl/N-ethyl adjacent to an activating group) is 1. The minimum atomic E-state index is -0.510.